The number of hydrogen-bond acceptors (Lipinski definition) is 22. The molecule has 3 N–H and O–H groups in total. The maximum atomic E-state index is 11.2. The topological polar surface area (TPSA) is 330 Å². The molecule has 127 heavy (non-hydrogen) atoms. The Hall–Kier alpha value is -8.97. The highest BCUT2D eigenvalue weighted by molar-refractivity contribution is 5.91. The highest BCUT2D eigenvalue weighted by Gasteiger charge is 2.30. The molecule has 0 spiro atoms. The first-order valence-corrected chi connectivity index (χ1v) is 42.9. The van der Waals surface area contributed by atoms with Crippen LogP contribution in [0.5, 0.6) is 0 Å². The molecule has 23 heteroatoms. The molecule has 23 nitrogen and oxygen atoms in total. The first-order valence-electron chi connectivity index (χ1n) is 42.9. The molecule has 0 aliphatic heterocycles. The highest BCUT2D eigenvalue weighted by Crippen LogP contribution is 2.28. The van der Waals surface area contributed by atoms with Gasteiger partial charge in [-0.2, -0.15) is 5.26 Å². The van der Waals surface area contributed by atoms with Crippen molar-refractivity contribution in [1.82, 2.24) is 9.55 Å². The summed E-state index contributed by atoms with van der Waals surface area (Å²) in [6, 6.07) is 1.83. The monoisotopic (exact) mass is 1790 g/mol. The van der Waals surface area contributed by atoms with Crippen molar-refractivity contribution in [3.05, 3.63) is 147 Å². The molecule has 0 bridgehead atoms. The van der Waals surface area contributed by atoms with Crippen molar-refractivity contribution in [1.29, 1.82) is 5.26 Å². The minimum atomic E-state index is -0.855. The number of hydrogen-bond donors (Lipinski definition) is 3. The van der Waals surface area contributed by atoms with Crippen molar-refractivity contribution in [2.45, 2.75) is 345 Å². The summed E-state index contributed by atoms with van der Waals surface area (Å²) in [4.78, 5) is 102. The molecule has 4 unspecified atom stereocenters. The van der Waals surface area contributed by atoms with E-state index in [9.17, 15) is 58.5 Å². The van der Waals surface area contributed by atoms with Crippen LogP contribution in [0.4, 0.5) is 0 Å². The average Bonchev–Trinajstić information content (AvgIpc) is 1.43. The van der Waals surface area contributed by atoms with Crippen LogP contribution in [0, 0.1) is 72.4 Å². The smallest absolute Gasteiger partial charge is 0.336 e. The maximum absolute atomic E-state index is 11.2. The lowest BCUT2D eigenvalue weighted by molar-refractivity contribution is -0.146. The summed E-state index contributed by atoms with van der Waals surface area (Å²) in [5, 5.41) is 36.8. The number of aliphatic hydroxyl groups is 3. The molecular formula is C104H179N3O20. The van der Waals surface area contributed by atoms with Gasteiger partial charge in [0.05, 0.1) is 92.4 Å². The Morgan fingerprint density at radius 3 is 1.25 bits per heavy atom. The molecule has 0 saturated heterocycles. The SMILES string of the molecule is C#CC(=C)C(O)CC(C)(C)C.C=C(C#N)C(O)C(C)(C)C.C=C(C(=O)OCC)C(O)C(C)(C)C.C=C(COC(C)C)C(=O)OCC.C=CC(=O)OC(C=C)C(C)(C)C.C=CC(=O)OCC(C)(C)C.C=Cc1nccn1CC(C)(C)C.CC(=O)OCC(=O)CC(C)(C)C.CC(C)=CC(=O)CC(C)(C)C.CC(C)=CC(=O)CC(C)(C)C.CCOC(=O)/C=C/COC(C)(C)C. The van der Waals surface area contributed by atoms with Crippen LogP contribution in [0.1, 0.15) is 308 Å². The predicted molar refractivity (Wildman–Crippen MR) is 523 cm³/mol. The third-order valence-electron chi connectivity index (χ3n) is 14.0. The van der Waals surface area contributed by atoms with Gasteiger partial charge < -0.3 is 57.8 Å². The number of ketones is 3. The second-order valence-electron chi connectivity index (χ2n) is 41.8. The van der Waals surface area contributed by atoms with Gasteiger partial charge in [0, 0.05) is 74.3 Å². The predicted octanol–water partition coefficient (Wildman–Crippen LogP) is 22.5. The van der Waals surface area contributed by atoms with Crippen molar-refractivity contribution in [3.8, 4) is 18.4 Å². The highest BCUT2D eigenvalue weighted by atomic mass is 16.6. The van der Waals surface area contributed by atoms with Crippen LogP contribution in [0.25, 0.3) is 6.08 Å². The summed E-state index contributed by atoms with van der Waals surface area (Å²) in [5.74, 6) is 1.35. The van der Waals surface area contributed by atoms with Crippen molar-refractivity contribution in [2.75, 3.05) is 46.2 Å². The van der Waals surface area contributed by atoms with E-state index in [1.54, 1.807) is 51.2 Å². The van der Waals surface area contributed by atoms with Gasteiger partial charge >= 0.3 is 35.8 Å². The molecule has 0 radical (unpaired) electrons. The van der Waals surface area contributed by atoms with E-state index < -0.39 is 36.2 Å². The Morgan fingerprint density at radius 2 is 0.953 bits per heavy atom. The van der Waals surface area contributed by atoms with Crippen LogP contribution in [0.2, 0.25) is 0 Å². The number of terminal acetylenes is 1. The summed E-state index contributed by atoms with van der Waals surface area (Å²) in [6.07, 6.45) is 21.2. The lowest BCUT2D eigenvalue weighted by Crippen LogP contribution is -2.31. The third kappa shape index (κ3) is 106. The Labute approximate surface area is 772 Å². The second-order valence-corrected chi connectivity index (χ2v) is 41.8. The Balaban J connectivity index is -0.000000148. The lowest BCUT2D eigenvalue weighted by atomic mass is 9.85. The van der Waals surface area contributed by atoms with Gasteiger partial charge in [-0.15, -0.1) is 6.42 Å². The molecule has 1 rings (SSSR count). The normalized spacial score (nSPS) is 12.0. The molecule has 1 heterocycles. The van der Waals surface area contributed by atoms with Gasteiger partial charge in [0.1, 0.15) is 18.5 Å². The first-order chi connectivity index (χ1) is 56.9. The maximum Gasteiger partial charge on any atom is 0.336 e. The van der Waals surface area contributed by atoms with Gasteiger partial charge in [0.25, 0.3) is 0 Å². The van der Waals surface area contributed by atoms with Crippen molar-refractivity contribution in [2.24, 2.45) is 48.7 Å². The van der Waals surface area contributed by atoms with Gasteiger partial charge in [-0.25, -0.2) is 29.0 Å². The minimum Gasteiger partial charge on any atom is -0.463 e. The fraction of sp³-hybridized carbons (Fsp3) is 0.644. The number of allylic oxidation sites excluding steroid dienone is 4. The third-order valence-corrected chi connectivity index (χ3v) is 14.0. The number of rotatable bonds is 29. The van der Waals surface area contributed by atoms with E-state index in [1.165, 1.54) is 19.1 Å². The summed E-state index contributed by atoms with van der Waals surface area (Å²) in [6.45, 7) is 109. The Bertz CT molecular complexity index is 3580. The van der Waals surface area contributed by atoms with Gasteiger partial charge in [-0.1, -0.05) is 269 Å². The lowest BCUT2D eigenvalue weighted by Gasteiger charge is -2.26. The number of nitriles is 1. The largest absolute Gasteiger partial charge is 0.463 e. The number of Topliss-reactive ketones (excluding diaryl/α,β-unsaturated/α-hetero) is 1. The number of aromatic nitrogens is 2. The summed E-state index contributed by atoms with van der Waals surface area (Å²) < 4.78 is 41.2. The van der Waals surface area contributed by atoms with Gasteiger partial charge in [-0.05, 0) is 151 Å². The molecule has 1 aromatic heterocycles. The molecule has 1 aromatic rings. The summed E-state index contributed by atoms with van der Waals surface area (Å²) >= 11 is 0. The number of carbonyl (C=O) groups excluding carboxylic acids is 9. The Morgan fingerprint density at radius 1 is 0.528 bits per heavy atom. The van der Waals surface area contributed by atoms with E-state index in [2.05, 4.69) is 156 Å². The first kappa shape index (κ1) is 139. The Kier molecular flexibility index (Phi) is 76.3. The van der Waals surface area contributed by atoms with E-state index in [4.69, 9.17) is 44.8 Å². The summed E-state index contributed by atoms with van der Waals surface area (Å²) in [7, 11) is 0. The molecule has 0 amide bonds. The molecule has 730 valence electrons. The van der Waals surface area contributed by atoms with Gasteiger partial charge in [0.15, 0.2) is 17.3 Å². The van der Waals surface area contributed by atoms with E-state index in [1.807, 2.05) is 185 Å². The fourth-order valence-corrected chi connectivity index (χ4v) is 8.30. The van der Waals surface area contributed by atoms with Crippen LogP contribution < -0.4 is 0 Å². The van der Waals surface area contributed by atoms with Crippen LogP contribution >= 0.6 is 0 Å². The molecule has 0 aliphatic carbocycles. The zero-order valence-corrected chi connectivity index (χ0v) is 87.0. The molecule has 4 atom stereocenters. The molecule has 0 fully saturated rings. The number of ether oxygens (including phenoxy) is 8. The van der Waals surface area contributed by atoms with E-state index in [-0.39, 0.29) is 121 Å². The van der Waals surface area contributed by atoms with Gasteiger partial charge in [-0.3, -0.25) is 19.2 Å². The zero-order chi connectivity index (χ0) is 103. The van der Waals surface area contributed by atoms with Crippen LogP contribution in [0.15, 0.2) is 141 Å². The number of imidazole rings is 1. The van der Waals surface area contributed by atoms with Crippen LogP contribution in [-0.2, 0) is 87.6 Å². The van der Waals surface area contributed by atoms with Crippen LogP contribution in [0.3, 0.4) is 0 Å². The number of carbonyl (C=O) groups is 9. The fourth-order valence-electron chi connectivity index (χ4n) is 8.30. The van der Waals surface area contributed by atoms with Crippen molar-refractivity contribution < 1.29 is 96.4 Å². The van der Waals surface area contributed by atoms with Crippen molar-refractivity contribution >= 4 is 59.2 Å². The summed E-state index contributed by atoms with van der Waals surface area (Å²) in [5.41, 5.74) is 3.03. The molecule has 0 saturated carbocycles. The van der Waals surface area contributed by atoms with Crippen molar-refractivity contribution in [3.63, 3.8) is 0 Å². The number of aliphatic hydroxyl groups excluding tert-OH is 3. The van der Waals surface area contributed by atoms with E-state index >= 15 is 0 Å². The number of nitrogens with zero attached hydrogens (tertiary/aromatic N) is 3. The standard InChI is InChI=1S/C10H16N2.2C10H18O3.C10H16O2.2C10H18O.C10H16O.2C9H16O3.C8H13NO.C8H14O2/c1-5-9-11-6-7-12(9)8-10(2,3)4;1-6-13-9(12)7(2)8(11)10(3,4)5;1-5-12-9(11)7-6-8-13-10(2,3)4;1-6-8(10(3,4)5)12-9(11)7-2;2*1-8(2)6-9(11)7-10(3,4)5;1-6-8(2)9(11)7-10(3,4)5;1-7(10)12-6-8(11)5-9(2,3)4;1-5-11-9(10)8(4)6-12-7(2)3;1-6(5-9)7(10)8(2,3)4;1-5-7(9)10-6-8(2,3)4/h5-7H,1,8H2,2-4H3;8,11H,2,6H2,1,3-5H3;6-7H,5,8H2,1-4H3;6-8H,1-2H2,3-5H3;2*6H,7H2,1-5H3;1,9,11H,2,7H2,3-5H3;5-6H2,1-4H3;7H,4-6H2,1-3H3;7,10H,1H2,2-4H3;5H,1,6H2,2-4H3/b;;7-6+;;;;;;;;. The number of esters is 6. The van der Waals surface area contributed by atoms with E-state index in [0.29, 0.717) is 75.3 Å². The molecular weight excluding hydrogens is 1610 g/mol. The van der Waals surface area contributed by atoms with Gasteiger partial charge in [0.2, 0.25) is 0 Å². The molecule has 0 aliphatic rings. The average molecular weight is 1790 g/mol. The molecule has 0 aromatic carbocycles. The quantitative estimate of drug-likeness (QED) is 0.0167. The van der Waals surface area contributed by atoms with Crippen LogP contribution in [-0.4, -0.2) is 160 Å². The second kappa shape index (κ2) is 70.0. The minimum absolute atomic E-state index is 0.0299. The van der Waals surface area contributed by atoms with E-state index in [0.717, 1.165) is 29.6 Å². The zero-order valence-electron chi connectivity index (χ0n) is 87.0.